The number of hydrogen-bond acceptors (Lipinski definition) is 4. The lowest BCUT2D eigenvalue weighted by atomic mass is 9.81. The van der Waals surface area contributed by atoms with E-state index >= 15 is 0 Å². The third-order valence-corrected chi connectivity index (χ3v) is 5.55. The van der Waals surface area contributed by atoms with E-state index in [-0.39, 0.29) is 17.4 Å². The molecule has 152 valence electrons. The lowest BCUT2D eigenvalue weighted by Gasteiger charge is -2.36. The van der Waals surface area contributed by atoms with Gasteiger partial charge in [0.15, 0.2) is 11.5 Å². The van der Waals surface area contributed by atoms with Crippen LogP contribution in [0.2, 0.25) is 0 Å². The molecule has 0 fully saturated rings. The highest BCUT2D eigenvalue weighted by Gasteiger charge is 2.34. The van der Waals surface area contributed by atoms with Crippen molar-refractivity contribution >= 4 is 11.3 Å². The second-order valence-electron chi connectivity index (χ2n) is 8.37. The third-order valence-electron chi connectivity index (χ3n) is 5.55. The van der Waals surface area contributed by atoms with Crippen LogP contribution < -0.4 is 14.8 Å². The van der Waals surface area contributed by atoms with Crippen molar-refractivity contribution in [2.75, 3.05) is 12.4 Å². The molecule has 4 rings (SSSR count). The zero-order valence-corrected chi connectivity index (χ0v) is 17.8. The number of rotatable bonds is 4. The van der Waals surface area contributed by atoms with Gasteiger partial charge in [-0.1, -0.05) is 31.6 Å². The van der Waals surface area contributed by atoms with Crippen LogP contribution in [0.3, 0.4) is 0 Å². The van der Waals surface area contributed by atoms with Crippen molar-refractivity contribution in [1.82, 2.24) is 0 Å². The molecule has 0 saturated carbocycles. The minimum atomic E-state index is -0.195. The summed E-state index contributed by atoms with van der Waals surface area (Å²) in [6.07, 6.45) is 8.51. The Bertz CT molecular complexity index is 1020. The molecule has 0 amide bonds. The van der Waals surface area contributed by atoms with E-state index in [1.165, 1.54) is 11.1 Å². The van der Waals surface area contributed by atoms with Crippen LogP contribution in [-0.4, -0.2) is 17.8 Å². The average molecular weight is 392 g/mol. The summed E-state index contributed by atoms with van der Waals surface area (Å²) >= 11 is 0. The summed E-state index contributed by atoms with van der Waals surface area (Å²) in [5.74, 6) is 1.29. The Balaban J connectivity index is 2.00. The summed E-state index contributed by atoms with van der Waals surface area (Å²) in [5, 5.41) is 14.0. The maximum absolute atomic E-state index is 10.4. The maximum Gasteiger partial charge on any atom is 0.172 e. The first-order valence-corrected chi connectivity index (χ1v) is 10.2. The van der Waals surface area contributed by atoms with E-state index < -0.39 is 0 Å². The van der Waals surface area contributed by atoms with Gasteiger partial charge in [-0.2, -0.15) is 0 Å². The van der Waals surface area contributed by atoms with Gasteiger partial charge in [0.1, 0.15) is 11.9 Å². The van der Waals surface area contributed by atoms with E-state index in [1.54, 1.807) is 13.2 Å². The highest BCUT2D eigenvalue weighted by Crippen LogP contribution is 2.54. The molecular formula is C25H29NO3. The third kappa shape index (κ3) is 3.27. The van der Waals surface area contributed by atoms with Gasteiger partial charge in [-0.3, -0.25) is 0 Å². The second-order valence-corrected chi connectivity index (χ2v) is 8.37. The van der Waals surface area contributed by atoms with E-state index in [2.05, 4.69) is 63.4 Å². The van der Waals surface area contributed by atoms with Gasteiger partial charge in [0.2, 0.25) is 0 Å². The normalized spacial score (nSPS) is 18.8. The molecule has 0 spiro atoms. The number of ether oxygens (including phenoxy) is 2. The maximum atomic E-state index is 10.4. The van der Waals surface area contributed by atoms with Gasteiger partial charge in [0.25, 0.3) is 0 Å². The van der Waals surface area contributed by atoms with E-state index in [0.29, 0.717) is 5.75 Å². The van der Waals surface area contributed by atoms with Crippen LogP contribution in [0, 0.1) is 0 Å². The molecule has 0 aliphatic carbocycles. The van der Waals surface area contributed by atoms with Crippen molar-refractivity contribution in [2.45, 2.75) is 52.2 Å². The van der Waals surface area contributed by atoms with Crippen molar-refractivity contribution in [3.63, 3.8) is 0 Å². The van der Waals surface area contributed by atoms with Gasteiger partial charge < -0.3 is 19.9 Å². The Kier molecular flexibility index (Phi) is 4.81. The zero-order valence-electron chi connectivity index (χ0n) is 17.8. The molecule has 29 heavy (non-hydrogen) atoms. The SMILES string of the molecule is CCCC=CC1Oc2ccc(O)c(OC)c2-c2ccc3c(c21)C(C)=CC(C)(C)N3. The van der Waals surface area contributed by atoms with Gasteiger partial charge in [-0.15, -0.1) is 0 Å². The minimum absolute atomic E-state index is 0.109. The molecule has 4 heteroatoms. The molecule has 0 bridgehead atoms. The summed E-state index contributed by atoms with van der Waals surface area (Å²) in [6.45, 7) is 8.67. The van der Waals surface area contributed by atoms with Crippen LogP contribution >= 0.6 is 0 Å². The quantitative estimate of drug-likeness (QED) is 0.587. The lowest BCUT2D eigenvalue weighted by Crippen LogP contribution is -2.32. The predicted molar refractivity (Wildman–Crippen MR) is 119 cm³/mol. The standard InChI is InChI=1S/C25H29NO3/c1-6-7-8-9-19-22-16(23-20(29-19)13-12-18(27)24(23)28-5)10-11-17-21(22)15(2)14-25(3,4)26-17/h8-14,19,26-27H,6-7H2,1-5H3. The molecule has 2 aliphatic rings. The monoisotopic (exact) mass is 391 g/mol. The first-order valence-electron chi connectivity index (χ1n) is 10.2. The topological polar surface area (TPSA) is 50.7 Å². The Hall–Kier alpha value is -2.88. The summed E-state index contributed by atoms with van der Waals surface area (Å²) < 4.78 is 12.0. The second kappa shape index (κ2) is 7.18. The molecule has 4 nitrogen and oxygen atoms in total. The van der Waals surface area contributed by atoms with E-state index in [4.69, 9.17) is 9.47 Å². The largest absolute Gasteiger partial charge is 0.504 e. The molecule has 2 aromatic carbocycles. The summed E-state index contributed by atoms with van der Waals surface area (Å²) in [4.78, 5) is 0. The van der Waals surface area contributed by atoms with Gasteiger partial charge in [0.05, 0.1) is 18.2 Å². The molecule has 2 N–H and O–H groups in total. The smallest absolute Gasteiger partial charge is 0.172 e. The fourth-order valence-corrected chi connectivity index (χ4v) is 4.49. The number of aromatic hydroxyl groups is 1. The fraction of sp³-hybridized carbons (Fsp3) is 0.360. The zero-order chi connectivity index (χ0) is 20.8. The van der Waals surface area contributed by atoms with Crippen molar-refractivity contribution in [3.8, 4) is 28.4 Å². The van der Waals surface area contributed by atoms with Gasteiger partial charge in [-0.25, -0.2) is 0 Å². The summed E-state index contributed by atoms with van der Waals surface area (Å²) in [6, 6.07) is 7.68. The molecule has 1 atom stereocenters. The Morgan fingerprint density at radius 1 is 1.21 bits per heavy atom. The average Bonchev–Trinajstić information content (AvgIpc) is 2.66. The van der Waals surface area contributed by atoms with Crippen molar-refractivity contribution in [3.05, 3.63) is 53.6 Å². The number of phenolic OH excluding ortho intramolecular Hbond substituents is 1. The number of methoxy groups -OCH3 is 1. The molecule has 0 saturated heterocycles. The van der Waals surface area contributed by atoms with Crippen LogP contribution in [-0.2, 0) is 0 Å². The van der Waals surface area contributed by atoms with E-state index in [0.717, 1.165) is 41.0 Å². The number of allylic oxidation sites excluding steroid dienone is 2. The molecule has 2 heterocycles. The summed E-state index contributed by atoms with van der Waals surface area (Å²) in [5.41, 5.74) is 6.35. The number of hydrogen-bond donors (Lipinski definition) is 2. The predicted octanol–water partition coefficient (Wildman–Crippen LogP) is 6.47. The van der Waals surface area contributed by atoms with Crippen LogP contribution in [0.5, 0.6) is 17.2 Å². The fourth-order valence-electron chi connectivity index (χ4n) is 4.49. The number of benzene rings is 2. The molecular weight excluding hydrogens is 362 g/mol. The number of nitrogens with one attached hydrogen (secondary N) is 1. The number of fused-ring (bicyclic) bond motifs is 5. The van der Waals surface area contributed by atoms with Crippen LogP contribution in [0.25, 0.3) is 16.7 Å². The highest BCUT2D eigenvalue weighted by atomic mass is 16.5. The molecule has 0 radical (unpaired) electrons. The first kappa shape index (κ1) is 19.4. The molecule has 2 aliphatic heterocycles. The van der Waals surface area contributed by atoms with E-state index in [9.17, 15) is 5.11 Å². The van der Waals surface area contributed by atoms with Gasteiger partial charge in [-0.05, 0) is 62.6 Å². The van der Waals surface area contributed by atoms with Crippen LogP contribution in [0.4, 0.5) is 5.69 Å². The van der Waals surface area contributed by atoms with Crippen LogP contribution in [0.15, 0.2) is 42.5 Å². The molecule has 1 unspecified atom stereocenters. The highest BCUT2D eigenvalue weighted by molar-refractivity contribution is 5.92. The summed E-state index contributed by atoms with van der Waals surface area (Å²) in [7, 11) is 1.58. The van der Waals surface area contributed by atoms with Gasteiger partial charge in [0, 0.05) is 16.8 Å². The molecule has 0 aromatic heterocycles. The number of phenols is 1. The van der Waals surface area contributed by atoms with Crippen molar-refractivity contribution < 1.29 is 14.6 Å². The first-order chi connectivity index (χ1) is 13.9. The molecule has 2 aromatic rings. The van der Waals surface area contributed by atoms with Crippen molar-refractivity contribution in [2.24, 2.45) is 0 Å². The Morgan fingerprint density at radius 3 is 2.72 bits per heavy atom. The Morgan fingerprint density at radius 2 is 2.00 bits per heavy atom. The number of anilines is 1. The van der Waals surface area contributed by atoms with E-state index in [1.807, 2.05) is 6.07 Å². The lowest BCUT2D eigenvalue weighted by molar-refractivity contribution is 0.248. The number of unbranched alkanes of at least 4 members (excludes halogenated alkanes) is 1. The van der Waals surface area contributed by atoms with Crippen LogP contribution in [0.1, 0.15) is 57.8 Å². The minimum Gasteiger partial charge on any atom is -0.504 e. The van der Waals surface area contributed by atoms with Gasteiger partial charge >= 0.3 is 0 Å². The Labute approximate surface area is 172 Å². The van der Waals surface area contributed by atoms with Crippen molar-refractivity contribution in [1.29, 1.82) is 0 Å².